The lowest BCUT2D eigenvalue weighted by molar-refractivity contribution is 0.0526. The number of carbonyl (C=O) groups is 2. The molecule has 0 spiro atoms. The number of esters is 1. The van der Waals surface area contributed by atoms with Gasteiger partial charge in [0.05, 0.1) is 24.3 Å². The molecule has 0 unspecified atom stereocenters. The second-order valence-corrected chi connectivity index (χ2v) is 4.52. The summed E-state index contributed by atoms with van der Waals surface area (Å²) in [6, 6.07) is 4.78. The average Bonchev–Trinajstić information content (AvgIpc) is 2.40. The molecule has 0 N–H and O–H groups in total. The van der Waals surface area contributed by atoms with Gasteiger partial charge in [0, 0.05) is 11.8 Å². The minimum absolute atomic E-state index is 0.0635. The summed E-state index contributed by atoms with van der Waals surface area (Å²) in [4.78, 5) is 23.7. The van der Waals surface area contributed by atoms with Crippen LogP contribution >= 0.6 is 15.9 Å². The molecule has 0 saturated carbocycles. The molecule has 0 radical (unpaired) electrons. The third-order valence-electron chi connectivity index (χ3n) is 2.41. The number of rotatable bonds is 7. The second-order valence-electron chi connectivity index (χ2n) is 3.73. The fraction of sp³-hybridized carbons (Fsp3) is 0.429. The summed E-state index contributed by atoms with van der Waals surface area (Å²) in [6.07, 6.45) is 0.354. The van der Waals surface area contributed by atoms with Crippen LogP contribution < -0.4 is 4.74 Å². The van der Waals surface area contributed by atoms with Gasteiger partial charge in [-0.2, -0.15) is 0 Å². The van der Waals surface area contributed by atoms with Gasteiger partial charge in [-0.25, -0.2) is 4.79 Å². The van der Waals surface area contributed by atoms with E-state index in [4.69, 9.17) is 9.47 Å². The lowest BCUT2D eigenvalue weighted by atomic mass is 10.0. The molecule has 0 saturated heterocycles. The molecular weight excluding hydrogens is 312 g/mol. The van der Waals surface area contributed by atoms with Crippen LogP contribution in [0.25, 0.3) is 0 Å². The maximum Gasteiger partial charge on any atom is 0.338 e. The molecule has 4 nitrogen and oxygen atoms in total. The number of ether oxygens (including phenoxy) is 2. The highest BCUT2D eigenvalue weighted by molar-refractivity contribution is 9.09. The van der Waals surface area contributed by atoms with Gasteiger partial charge in [0.2, 0.25) is 0 Å². The molecule has 1 rings (SSSR count). The van der Waals surface area contributed by atoms with Crippen molar-refractivity contribution in [2.45, 2.75) is 20.3 Å². The standard InChI is InChI=1S/C14H17BrO4/c1-3-18-13-6-5-10(14(17)19-4-2)9-11(13)12(16)7-8-15/h5-6,9H,3-4,7-8H2,1-2H3. The van der Waals surface area contributed by atoms with Crippen molar-refractivity contribution in [3.63, 3.8) is 0 Å². The Bertz CT molecular complexity index is 457. The Morgan fingerprint density at radius 3 is 2.53 bits per heavy atom. The summed E-state index contributed by atoms with van der Waals surface area (Å²) in [5.74, 6) is 0.00594. The highest BCUT2D eigenvalue weighted by Gasteiger charge is 2.16. The van der Waals surface area contributed by atoms with Crippen molar-refractivity contribution in [2.75, 3.05) is 18.5 Å². The Labute approximate surface area is 121 Å². The second kappa shape index (κ2) is 7.94. The number of alkyl halides is 1. The van der Waals surface area contributed by atoms with Gasteiger partial charge in [-0.15, -0.1) is 0 Å². The van der Waals surface area contributed by atoms with Gasteiger partial charge in [-0.1, -0.05) is 15.9 Å². The van der Waals surface area contributed by atoms with E-state index in [9.17, 15) is 9.59 Å². The molecule has 1 aromatic carbocycles. The number of Topliss-reactive ketones (excluding diaryl/α,β-unsaturated/α-hetero) is 1. The number of carbonyl (C=O) groups excluding carboxylic acids is 2. The van der Waals surface area contributed by atoms with E-state index in [1.807, 2.05) is 6.92 Å². The maximum atomic E-state index is 12.0. The van der Waals surface area contributed by atoms with E-state index in [1.54, 1.807) is 19.1 Å². The third kappa shape index (κ3) is 4.35. The monoisotopic (exact) mass is 328 g/mol. The van der Waals surface area contributed by atoms with Crippen LogP contribution in [0.2, 0.25) is 0 Å². The molecule has 0 aliphatic carbocycles. The third-order valence-corrected chi connectivity index (χ3v) is 2.81. The summed E-state index contributed by atoms with van der Waals surface area (Å²) >= 11 is 3.23. The lowest BCUT2D eigenvalue weighted by Gasteiger charge is -2.10. The zero-order chi connectivity index (χ0) is 14.3. The Balaban J connectivity index is 3.10. The van der Waals surface area contributed by atoms with Gasteiger partial charge in [0.25, 0.3) is 0 Å². The predicted molar refractivity (Wildman–Crippen MR) is 76.3 cm³/mol. The van der Waals surface area contributed by atoms with Gasteiger partial charge >= 0.3 is 5.97 Å². The Morgan fingerprint density at radius 2 is 1.95 bits per heavy atom. The molecular formula is C14H17BrO4. The highest BCUT2D eigenvalue weighted by atomic mass is 79.9. The lowest BCUT2D eigenvalue weighted by Crippen LogP contribution is -2.09. The number of hydrogen-bond donors (Lipinski definition) is 0. The topological polar surface area (TPSA) is 52.6 Å². The minimum atomic E-state index is -0.432. The molecule has 1 aromatic rings. The molecule has 0 amide bonds. The van der Waals surface area contributed by atoms with Crippen LogP contribution in [0.1, 0.15) is 41.0 Å². The molecule has 5 heteroatoms. The minimum Gasteiger partial charge on any atom is -0.493 e. The van der Waals surface area contributed by atoms with Crippen LogP contribution in [0.3, 0.4) is 0 Å². The van der Waals surface area contributed by atoms with Crippen molar-refractivity contribution in [1.29, 1.82) is 0 Å². The van der Waals surface area contributed by atoms with Crippen molar-refractivity contribution in [2.24, 2.45) is 0 Å². The average molecular weight is 329 g/mol. The smallest absolute Gasteiger partial charge is 0.338 e. The number of benzene rings is 1. The molecule has 0 bridgehead atoms. The summed E-state index contributed by atoms with van der Waals surface area (Å²) in [5, 5.41) is 0.570. The molecule has 0 heterocycles. The molecule has 0 aliphatic heterocycles. The first kappa shape index (κ1) is 15.7. The van der Waals surface area contributed by atoms with E-state index in [1.165, 1.54) is 6.07 Å². The molecule has 0 aromatic heterocycles. The van der Waals surface area contributed by atoms with Crippen molar-refractivity contribution in [1.82, 2.24) is 0 Å². The highest BCUT2D eigenvalue weighted by Crippen LogP contribution is 2.22. The zero-order valence-electron chi connectivity index (χ0n) is 11.1. The Kier molecular flexibility index (Phi) is 6.56. The van der Waals surface area contributed by atoms with Gasteiger partial charge in [0.15, 0.2) is 5.78 Å². The van der Waals surface area contributed by atoms with Gasteiger partial charge in [-0.3, -0.25) is 4.79 Å². The van der Waals surface area contributed by atoms with E-state index in [2.05, 4.69) is 15.9 Å². The fourth-order valence-corrected chi connectivity index (χ4v) is 1.95. The first-order valence-corrected chi connectivity index (χ1v) is 7.29. The maximum absolute atomic E-state index is 12.0. The predicted octanol–water partition coefficient (Wildman–Crippen LogP) is 3.23. The van der Waals surface area contributed by atoms with Crippen molar-refractivity contribution in [3.05, 3.63) is 29.3 Å². The van der Waals surface area contributed by atoms with Crippen molar-refractivity contribution < 1.29 is 19.1 Å². The zero-order valence-corrected chi connectivity index (χ0v) is 12.7. The summed E-state index contributed by atoms with van der Waals surface area (Å²) in [7, 11) is 0. The first-order chi connectivity index (χ1) is 9.13. The summed E-state index contributed by atoms with van der Waals surface area (Å²) in [6.45, 7) is 4.35. The first-order valence-electron chi connectivity index (χ1n) is 6.17. The Hall–Kier alpha value is -1.36. The van der Waals surface area contributed by atoms with E-state index in [-0.39, 0.29) is 5.78 Å². The van der Waals surface area contributed by atoms with Crippen molar-refractivity contribution in [3.8, 4) is 5.75 Å². The van der Waals surface area contributed by atoms with Crippen molar-refractivity contribution >= 4 is 27.7 Å². The van der Waals surface area contributed by atoms with Gasteiger partial charge in [-0.05, 0) is 32.0 Å². The normalized spacial score (nSPS) is 10.1. The molecule has 19 heavy (non-hydrogen) atoms. The SMILES string of the molecule is CCOC(=O)c1ccc(OCC)c(C(=O)CCBr)c1. The molecule has 0 aliphatic rings. The number of hydrogen-bond acceptors (Lipinski definition) is 4. The fourth-order valence-electron chi connectivity index (χ4n) is 1.59. The van der Waals surface area contributed by atoms with Crippen LogP contribution in [0.5, 0.6) is 5.75 Å². The largest absolute Gasteiger partial charge is 0.493 e. The van der Waals surface area contributed by atoms with Crippen LogP contribution in [-0.4, -0.2) is 30.3 Å². The van der Waals surface area contributed by atoms with Crippen LogP contribution in [0.4, 0.5) is 0 Å². The van der Waals surface area contributed by atoms with E-state index >= 15 is 0 Å². The van der Waals surface area contributed by atoms with Crippen LogP contribution in [0.15, 0.2) is 18.2 Å². The molecule has 0 fully saturated rings. The van der Waals surface area contributed by atoms with E-state index in [0.29, 0.717) is 41.8 Å². The summed E-state index contributed by atoms with van der Waals surface area (Å²) in [5.41, 5.74) is 0.787. The van der Waals surface area contributed by atoms with Gasteiger partial charge in [0.1, 0.15) is 5.75 Å². The van der Waals surface area contributed by atoms with E-state index in [0.717, 1.165) is 0 Å². The quantitative estimate of drug-likeness (QED) is 0.438. The van der Waals surface area contributed by atoms with Crippen LogP contribution in [-0.2, 0) is 4.74 Å². The number of halogens is 1. The number of ketones is 1. The summed E-state index contributed by atoms with van der Waals surface area (Å²) < 4.78 is 10.3. The van der Waals surface area contributed by atoms with Gasteiger partial charge < -0.3 is 9.47 Å². The molecule has 104 valence electrons. The Morgan fingerprint density at radius 1 is 1.21 bits per heavy atom. The van der Waals surface area contributed by atoms with E-state index < -0.39 is 5.97 Å². The molecule has 0 atom stereocenters. The van der Waals surface area contributed by atoms with Crippen LogP contribution in [0, 0.1) is 0 Å².